The van der Waals surface area contributed by atoms with Gasteiger partial charge in [-0.2, -0.15) is 5.10 Å². The van der Waals surface area contributed by atoms with Gasteiger partial charge in [0.15, 0.2) is 0 Å². The number of aromatic amines is 1. The van der Waals surface area contributed by atoms with E-state index in [1.807, 2.05) is 6.07 Å². The van der Waals surface area contributed by atoms with Gasteiger partial charge in [-0.25, -0.2) is 4.79 Å². The van der Waals surface area contributed by atoms with Gasteiger partial charge in [-0.15, -0.1) is 0 Å². The number of carbonyl (C=O) groups excluding carboxylic acids is 1. The lowest BCUT2D eigenvalue weighted by atomic mass is 10.3. The Kier molecular flexibility index (Phi) is 3.18. The van der Waals surface area contributed by atoms with E-state index in [1.165, 1.54) is 0 Å². The van der Waals surface area contributed by atoms with E-state index in [4.69, 9.17) is 4.74 Å². The van der Waals surface area contributed by atoms with Crippen LogP contribution in [0.3, 0.4) is 0 Å². The molecule has 1 aromatic heterocycles. The van der Waals surface area contributed by atoms with E-state index in [0.717, 1.165) is 5.56 Å². The maximum atomic E-state index is 11.3. The quantitative estimate of drug-likeness (QED) is 0.822. The van der Waals surface area contributed by atoms with Gasteiger partial charge < -0.3 is 10.1 Å². The molecule has 1 heterocycles. The number of nitrogens with zero attached hydrogens (tertiary/aromatic N) is 1. The predicted molar refractivity (Wildman–Crippen MR) is 57.9 cm³/mol. The van der Waals surface area contributed by atoms with E-state index < -0.39 is 6.09 Å². The zero-order chi connectivity index (χ0) is 11.2. The van der Waals surface area contributed by atoms with Crippen LogP contribution in [-0.4, -0.2) is 16.3 Å². The Morgan fingerprint density at radius 2 is 2.19 bits per heavy atom. The van der Waals surface area contributed by atoms with Gasteiger partial charge in [-0.3, -0.25) is 5.10 Å². The summed E-state index contributed by atoms with van der Waals surface area (Å²) >= 11 is 0. The molecular weight excluding hydrogens is 206 g/mol. The van der Waals surface area contributed by atoms with Crippen molar-refractivity contribution < 1.29 is 9.53 Å². The van der Waals surface area contributed by atoms with Gasteiger partial charge in [-0.1, -0.05) is 18.2 Å². The number of hydrogen-bond acceptors (Lipinski definition) is 3. The number of benzene rings is 1. The van der Waals surface area contributed by atoms with Crippen molar-refractivity contribution in [3.8, 4) is 5.75 Å². The van der Waals surface area contributed by atoms with Crippen molar-refractivity contribution in [1.82, 2.24) is 15.5 Å². The minimum Gasteiger partial charge on any atom is -0.410 e. The number of aromatic nitrogens is 2. The number of para-hydroxylation sites is 1. The summed E-state index contributed by atoms with van der Waals surface area (Å²) in [6.45, 7) is 0.391. The van der Waals surface area contributed by atoms with Crippen LogP contribution >= 0.6 is 0 Å². The molecule has 0 atom stereocenters. The summed E-state index contributed by atoms with van der Waals surface area (Å²) in [7, 11) is 0. The summed E-state index contributed by atoms with van der Waals surface area (Å²) in [6.07, 6.45) is 2.87. The molecule has 0 aliphatic rings. The van der Waals surface area contributed by atoms with Crippen molar-refractivity contribution in [2.75, 3.05) is 0 Å². The van der Waals surface area contributed by atoms with Gasteiger partial charge in [0.05, 0.1) is 6.20 Å². The first kappa shape index (κ1) is 10.2. The molecule has 0 radical (unpaired) electrons. The van der Waals surface area contributed by atoms with Crippen molar-refractivity contribution in [3.05, 3.63) is 48.3 Å². The van der Waals surface area contributed by atoms with Crippen molar-refractivity contribution in [2.45, 2.75) is 6.54 Å². The van der Waals surface area contributed by atoms with E-state index in [-0.39, 0.29) is 0 Å². The molecule has 0 saturated heterocycles. The van der Waals surface area contributed by atoms with E-state index >= 15 is 0 Å². The molecule has 5 heteroatoms. The van der Waals surface area contributed by atoms with Gasteiger partial charge >= 0.3 is 6.09 Å². The second-order valence-corrected chi connectivity index (χ2v) is 3.16. The zero-order valence-corrected chi connectivity index (χ0v) is 8.51. The summed E-state index contributed by atoms with van der Waals surface area (Å²) in [5.41, 5.74) is 0.894. The molecule has 0 unspecified atom stereocenters. The maximum absolute atomic E-state index is 11.3. The molecule has 0 saturated carbocycles. The Balaban J connectivity index is 1.81. The highest BCUT2D eigenvalue weighted by Crippen LogP contribution is 2.08. The molecule has 2 rings (SSSR count). The van der Waals surface area contributed by atoms with Gasteiger partial charge in [0.25, 0.3) is 0 Å². The fourth-order valence-electron chi connectivity index (χ4n) is 1.18. The van der Waals surface area contributed by atoms with Crippen LogP contribution in [-0.2, 0) is 6.54 Å². The van der Waals surface area contributed by atoms with Crippen LogP contribution in [0.4, 0.5) is 4.79 Å². The van der Waals surface area contributed by atoms with Crippen LogP contribution in [0.25, 0.3) is 0 Å². The molecule has 0 bridgehead atoms. The largest absolute Gasteiger partial charge is 0.412 e. The maximum Gasteiger partial charge on any atom is 0.412 e. The molecule has 2 N–H and O–H groups in total. The molecule has 0 spiro atoms. The smallest absolute Gasteiger partial charge is 0.410 e. The summed E-state index contributed by atoms with van der Waals surface area (Å²) in [5, 5.41) is 9.04. The summed E-state index contributed by atoms with van der Waals surface area (Å²) in [6, 6.07) is 8.91. The Morgan fingerprint density at radius 1 is 1.38 bits per heavy atom. The molecule has 2 aromatic rings. The minimum absolute atomic E-state index is 0.391. The molecule has 1 amide bonds. The fraction of sp³-hybridized carbons (Fsp3) is 0.0909. The van der Waals surface area contributed by atoms with E-state index in [0.29, 0.717) is 12.3 Å². The van der Waals surface area contributed by atoms with E-state index in [1.54, 1.807) is 36.7 Å². The average Bonchev–Trinajstić information content (AvgIpc) is 2.81. The van der Waals surface area contributed by atoms with Gasteiger partial charge in [0, 0.05) is 18.3 Å². The standard InChI is InChI=1S/C11H11N3O2/c15-11(12-6-9-7-13-14-8-9)16-10-4-2-1-3-5-10/h1-5,7-8H,6H2,(H,12,15)(H,13,14). The third-order valence-corrected chi connectivity index (χ3v) is 1.95. The van der Waals surface area contributed by atoms with Crippen LogP contribution in [0.1, 0.15) is 5.56 Å². The van der Waals surface area contributed by atoms with Crippen molar-refractivity contribution in [1.29, 1.82) is 0 Å². The lowest BCUT2D eigenvalue weighted by Gasteiger charge is -2.04. The number of hydrogen-bond donors (Lipinski definition) is 2. The Morgan fingerprint density at radius 3 is 2.88 bits per heavy atom. The molecule has 1 aromatic carbocycles. The third-order valence-electron chi connectivity index (χ3n) is 1.95. The lowest BCUT2D eigenvalue weighted by Crippen LogP contribution is -2.26. The highest BCUT2D eigenvalue weighted by atomic mass is 16.5. The normalized spacial score (nSPS) is 9.75. The topological polar surface area (TPSA) is 67.0 Å². The van der Waals surface area contributed by atoms with Crippen molar-refractivity contribution in [3.63, 3.8) is 0 Å². The van der Waals surface area contributed by atoms with Crippen LogP contribution < -0.4 is 10.1 Å². The zero-order valence-electron chi connectivity index (χ0n) is 8.51. The number of nitrogens with one attached hydrogen (secondary N) is 2. The Bertz CT molecular complexity index is 440. The number of amides is 1. The Labute approximate surface area is 92.4 Å². The first-order valence-corrected chi connectivity index (χ1v) is 4.83. The van der Waals surface area contributed by atoms with Crippen LogP contribution in [0.2, 0.25) is 0 Å². The number of carbonyl (C=O) groups is 1. The average molecular weight is 217 g/mol. The predicted octanol–water partition coefficient (Wildman–Crippen LogP) is 1.70. The SMILES string of the molecule is O=C(NCc1cn[nH]c1)Oc1ccccc1. The van der Waals surface area contributed by atoms with E-state index in [9.17, 15) is 4.79 Å². The summed E-state index contributed by atoms with van der Waals surface area (Å²) in [5.74, 6) is 0.521. The molecule has 82 valence electrons. The second-order valence-electron chi connectivity index (χ2n) is 3.16. The number of H-pyrrole nitrogens is 1. The van der Waals surface area contributed by atoms with Gasteiger partial charge in [-0.05, 0) is 12.1 Å². The minimum atomic E-state index is -0.479. The molecule has 5 nitrogen and oxygen atoms in total. The molecule has 0 fully saturated rings. The molecule has 16 heavy (non-hydrogen) atoms. The van der Waals surface area contributed by atoms with Crippen LogP contribution in [0.5, 0.6) is 5.75 Å². The highest BCUT2D eigenvalue weighted by Gasteiger charge is 2.03. The van der Waals surface area contributed by atoms with E-state index in [2.05, 4.69) is 15.5 Å². The molecule has 0 aliphatic heterocycles. The molecular formula is C11H11N3O2. The van der Waals surface area contributed by atoms with Crippen molar-refractivity contribution in [2.24, 2.45) is 0 Å². The lowest BCUT2D eigenvalue weighted by molar-refractivity contribution is 0.200. The monoisotopic (exact) mass is 217 g/mol. The van der Waals surface area contributed by atoms with Gasteiger partial charge in [0.1, 0.15) is 5.75 Å². The summed E-state index contributed by atoms with van der Waals surface area (Å²) < 4.78 is 5.03. The van der Waals surface area contributed by atoms with Crippen LogP contribution in [0.15, 0.2) is 42.7 Å². The number of rotatable bonds is 3. The first-order valence-electron chi connectivity index (χ1n) is 4.83. The van der Waals surface area contributed by atoms with Gasteiger partial charge in [0.2, 0.25) is 0 Å². The Hall–Kier alpha value is -2.30. The highest BCUT2D eigenvalue weighted by molar-refractivity contribution is 5.70. The van der Waals surface area contributed by atoms with Crippen molar-refractivity contribution >= 4 is 6.09 Å². The number of ether oxygens (including phenoxy) is 1. The third kappa shape index (κ3) is 2.84. The molecule has 0 aliphatic carbocycles. The van der Waals surface area contributed by atoms with Crippen LogP contribution in [0, 0.1) is 0 Å². The fourth-order valence-corrected chi connectivity index (χ4v) is 1.18. The second kappa shape index (κ2) is 4.97. The first-order chi connectivity index (χ1) is 7.84. The summed E-state index contributed by atoms with van der Waals surface area (Å²) in [4.78, 5) is 11.3.